The number of unbranched alkanes of at least 4 members (excludes halogenated alkanes) is 1. The van der Waals surface area contributed by atoms with Gasteiger partial charge in [-0.15, -0.1) is 0 Å². The number of likely N-dealkylation sites (tertiary alicyclic amines) is 1. The largest absolute Gasteiger partial charge is 0.465 e. The van der Waals surface area contributed by atoms with E-state index in [1.54, 1.807) is 12.0 Å². The quantitative estimate of drug-likeness (QED) is 0.528. The molecule has 9 heteroatoms. The van der Waals surface area contributed by atoms with Gasteiger partial charge in [0.15, 0.2) is 5.82 Å². The molecule has 2 N–H and O–H groups in total. The lowest BCUT2D eigenvalue weighted by molar-refractivity contribution is 0.0311. The van der Waals surface area contributed by atoms with Crippen LogP contribution in [0.1, 0.15) is 43.7 Å². The number of carboxylic acid groups (broad SMARTS) is 1. The summed E-state index contributed by atoms with van der Waals surface area (Å²) in [5.74, 6) is 0.180. The Bertz CT molecular complexity index is 944. The standard InChI is InChI=1S/C24H36N4O5/c1-17(2)13-28(19-12-18(16-29)14-26(15-19)24(31)32)23(30)22-25-20-8-4-5-9-21(20)27(22)10-6-7-11-33-3/h4-5,8-9,17-19,29H,6-7,10-16H2,1-3H3,(H,31,32)/t18-,19+/m1/s1. The molecule has 0 saturated carbocycles. The average molecular weight is 461 g/mol. The van der Waals surface area contributed by atoms with E-state index in [0.717, 1.165) is 23.9 Å². The zero-order valence-corrected chi connectivity index (χ0v) is 19.8. The smallest absolute Gasteiger partial charge is 0.407 e. The number of nitrogens with zero attached hydrogens (tertiary/aromatic N) is 4. The molecule has 2 heterocycles. The number of aliphatic hydroxyl groups excluding tert-OH is 1. The predicted octanol–water partition coefficient (Wildman–Crippen LogP) is 2.92. The Balaban J connectivity index is 1.95. The van der Waals surface area contributed by atoms with Crippen molar-refractivity contribution in [2.24, 2.45) is 11.8 Å². The van der Waals surface area contributed by atoms with Crippen LogP contribution in [0.2, 0.25) is 0 Å². The predicted molar refractivity (Wildman–Crippen MR) is 125 cm³/mol. The molecule has 2 atom stereocenters. The van der Waals surface area contributed by atoms with E-state index in [0.29, 0.717) is 31.9 Å². The maximum atomic E-state index is 13.9. The molecule has 1 aromatic heterocycles. The Morgan fingerprint density at radius 3 is 2.67 bits per heavy atom. The molecule has 0 unspecified atom stereocenters. The third-order valence-electron chi connectivity index (χ3n) is 6.13. The third kappa shape index (κ3) is 6.03. The van der Waals surface area contributed by atoms with E-state index >= 15 is 0 Å². The van der Waals surface area contributed by atoms with Crippen LogP contribution < -0.4 is 0 Å². The first kappa shape index (κ1) is 25.0. The highest BCUT2D eigenvalue weighted by atomic mass is 16.5. The number of ether oxygens (including phenoxy) is 1. The summed E-state index contributed by atoms with van der Waals surface area (Å²) >= 11 is 0. The van der Waals surface area contributed by atoms with Crippen LogP contribution in [-0.4, -0.2) is 87.6 Å². The first-order valence-corrected chi connectivity index (χ1v) is 11.7. The van der Waals surface area contributed by atoms with Gasteiger partial charge < -0.3 is 29.3 Å². The topological polar surface area (TPSA) is 108 Å². The van der Waals surface area contributed by atoms with E-state index in [2.05, 4.69) is 4.98 Å². The number of rotatable bonds is 10. The molecule has 9 nitrogen and oxygen atoms in total. The molecule has 0 spiro atoms. The molecular weight excluding hydrogens is 424 g/mol. The average Bonchev–Trinajstić information content (AvgIpc) is 3.18. The fourth-order valence-corrected chi connectivity index (χ4v) is 4.59. The fourth-order valence-electron chi connectivity index (χ4n) is 4.59. The van der Waals surface area contributed by atoms with Crippen LogP contribution in [0.4, 0.5) is 4.79 Å². The van der Waals surface area contributed by atoms with Crippen LogP contribution in [0, 0.1) is 11.8 Å². The minimum absolute atomic E-state index is 0.109. The lowest BCUT2D eigenvalue weighted by Crippen LogP contribution is -2.55. The molecule has 3 rings (SSSR count). The van der Waals surface area contributed by atoms with Crippen LogP contribution in [0.5, 0.6) is 0 Å². The highest BCUT2D eigenvalue weighted by Gasteiger charge is 2.36. The Kier molecular flexibility index (Phi) is 8.68. The SMILES string of the molecule is COCCCCn1c(C(=O)N(CC(C)C)[C@H]2C[C@@H](CO)CN(C(=O)O)C2)nc2ccccc21. The van der Waals surface area contributed by atoms with Gasteiger partial charge in [-0.2, -0.15) is 0 Å². The monoisotopic (exact) mass is 460 g/mol. The number of imidazole rings is 1. The number of fused-ring (bicyclic) bond motifs is 1. The summed E-state index contributed by atoms with van der Waals surface area (Å²) in [6.07, 6.45) is 1.26. The molecule has 1 aliphatic rings. The number of piperidine rings is 1. The van der Waals surface area contributed by atoms with Crippen molar-refractivity contribution in [1.82, 2.24) is 19.4 Å². The van der Waals surface area contributed by atoms with Gasteiger partial charge in [-0.3, -0.25) is 4.79 Å². The van der Waals surface area contributed by atoms with E-state index < -0.39 is 6.09 Å². The Morgan fingerprint density at radius 2 is 2.00 bits per heavy atom. The number of hydrogen-bond acceptors (Lipinski definition) is 5. The van der Waals surface area contributed by atoms with Crippen molar-refractivity contribution in [2.75, 3.05) is 40.0 Å². The number of methoxy groups -OCH3 is 1. The summed E-state index contributed by atoms with van der Waals surface area (Å²) in [6, 6.07) is 7.40. The first-order chi connectivity index (χ1) is 15.8. The second-order valence-corrected chi connectivity index (χ2v) is 9.25. The van der Waals surface area contributed by atoms with Gasteiger partial charge in [-0.25, -0.2) is 9.78 Å². The first-order valence-electron chi connectivity index (χ1n) is 11.7. The summed E-state index contributed by atoms with van der Waals surface area (Å²) in [7, 11) is 1.68. The number of para-hydroxylation sites is 2. The minimum Gasteiger partial charge on any atom is -0.465 e. The highest BCUT2D eigenvalue weighted by molar-refractivity contribution is 5.95. The molecular formula is C24H36N4O5. The van der Waals surface area contributed by atoms with Crippen molar-refractivity contribution in [1.29, 1.82) is 0 Å². The number of aryl methyl sites for hydroxylation is 1. The summed E-state index contributed by atoms with van der Waals surface area (Å²) in [5.41, 5.74) is 1.67. The van der Waals surface area contributed by atoms with Gasteiger partial charge >= 0.3 is 6.09 Å². The molecule has 0 aliphatic carbocycles. The summed E-state index contributed by atoms with van der Waals surface area (Å²) in [5, 5.41) is 19.3. The molecule has 0 bridgehead atoms. The van der Waals surface area contributed by atoms with E-state index in [1.807, 2.05) is 42.7 Å². The number of carbonyl (C=O) groups is 2. The lowest BCUT2D eigenvalue weighted by atomic mass is 9.93. The number of carbonyl (C=O) groups excluding carboxylic acids is 1. The van der Waals surface area contributed by atoms with Crippen molar-refractivity contribution >= 4 is 23.0 Å². The Hall–Kier alpha value is -2.65. The Labute approximate surface area is 194 Å². The lowest BCUT2D eigenvalue weighted by Gasteiger charge is -2.41. The third-order valence-corrected chi connectivity index (χ3v) is 6.13. The van der Waals surface area contributed by atoms with Crippen LogP contribution in [0.25, 0.3) is 11.0 Å². The Morgan fingerprint density at radius 1 is 1.24 bits per heavy atom. The van der Waals surface area contributed by atoms with E-state index in [9.17, 15) is 19.8 Å². The minimum atomic E-state index is -1.03. The summed E-state index contributed by atoms with van der Waals surface area (Å²) < 4.78 is 7.14. The zero-order valence-electron chi connectivity index (χ0n) is 19.8. The second kappa shape index (κ2) is 11.5. The molecule has 0 radical (unpaired) electrons. The maximum Gasteiger partial charge on any atom is 0.407 e. The van der Waals surface area contributed by atoms with Crippen molar-refractivity contribution in [2.45, 2.75) is 45.7 Å². The van der Waals surface area contributed by atoms with E-state index in [4.69, 9.17) is 4.74 Å². The summed E-state index contributed by atoms with van der Waals surface area (Å²) in [4.78, 5) is 33.4. The second-order valence-electron chi connectivity index (χ2n) is 9.25. The number of aliphatic hydroxyl groups is 1. The molecule has 1 fully saturated rings. The molecule has 182 valence electrons. The molecule has 1 aliphatic heterocycles. The summed E-state index contributed by atoms with van der Waals surface area (Å²) in [6.45, 7) is 6.27. The maximum absolute atomic E-state index is 13.9. The van der Waals surface area contributed by atoms with Gasteiger partial charge in [0.25, 0.3) is 5.91 Å². The number of amides is 2. The van der Waals surface area contributed by atoms with Crippen LogP contribution in [0.15, 0.2) is 24.3 Å². The highest BCUT2D eigenvalue weighted by Crippen LogP contribution is 2.25. The van der Waals surface area contributed by atoms with Crippen LogP contribution in [-0.2, 0) is 11.3 Å². The molecule has 1 aromatic carbocycles. The van der Waals surface area contributed by atoms with Gasteiger partial charge in [-0.05, 0) is 37.3 Å². The van der Waals surface area contributed by atoms with E-state index in [1.165, 1.54) is 4.90 Å². The van der Waals surface area contributed by atoms with Crippen molar-refractivity contribution in [3.63, 3.8) is 0 Å². The van der Waals surface area contributed by atoms with Gasteiger partial charge in [-0.1, -0.05) is 26.0 Å². The van der Waals surface area contributed by atoms with Crippen molar-refractivity contribution in [3.8, 4) is 0 Å². The van der Waals surface area contributed by atoms with Crippen molar-refractivity contribution in [3.05, 3.63) is 30.1 Å². The van der Waals surface area contributed by atoms with Gasteiger partial charge in [0.1, 0.15) is 0 Å². The number of aromatic nitrogens is 2. The van der Waals surface area contributed by atoms with Gasteiger partial charge in [0, 0.05) is 52.4 Å². The van der Waals surface area contributed by atoms with Crippen LogP contribution >= 0.6 is 0 Å². The molecule has 1 saturated heterocycles. The number of hydrogen-bond donors (Lipinski definition) is 2. The zero-order chi connectivity index (χ0) is 24.0. The normalized spacial score (nSPS) is 18.8. The number of benzene rings is 1. The fraction of sp³-hybridized carbons (Fsp3) is 0.625. The van der Waals surface area contributed by atoms with Gasteiger partial charge in [0.05, 0.1) is 17.1 Å². The van der Waals surface area contributed by atoms with Crippen LogP contribution in [0.3, 0.4) is 0 Å². The molecule has 2 amide bonds. The van der Waals surface area contributed by atoms with E-state index in [-0.39, 0.29) is 43.5 Å². The van der Waals surface area contributed by atoms with Gasteiger partial charge in [0.2, 0.25) is 0 Å². The molecule has 33 heavy (non-hydrogen) atoms. The molecule has 2 aromatic rings. The van der Waals surface area contributed by atoms with Crippen molar-refractivity contribution < 1.29 is 24.5 Å².